The van der Waals surface area contributed by atoms with Crippen LogP contribution in [-0.4, -0.2) is 53.0 Å². The monoisotopic (exact) mass is 336 g/mol. The van der Waals surface area contributed by atoms with Gasteiger partial charge in [-0.3, -0.25) is 9.69 Å². The number of carbonyl (C=O) groups excluding carboxylic acids is 1. The predicted molar refractivity (Wildman–Crippen MR) is 93.0 cm³/mol. The molecule has 1 aromatic rings. The number of likely N-dealkylation sites (N-methyl/N-ethyl adjacent to an activating group) is 1. The van der Waals surface area contributed by atoms with Gasteiger partial charge < -0.3 is 10.0 Å². The lowest BCUT2D eigenvalue weighted by molar-refractivity contribution is -0.137. The van der Waals surface area contributed by atoms with Crippen molar-refractivity contribution in [3.8, 4) is 0 Å². The van der Waals surface area contributed by atoms with E-state index in [1.807, 2.05) is 27.8 Å². The minimum absolute atomic E-state index is 0.138. The number of aliphatic hydroxyl groups is 1. The molecule has 0 saturated carbocycles. The highest BCUT2D eigenvalue weighted by molar-refractivity contribution is 5.81. The largest absolute Gasteiger partial charge is 0.388 e. The molecule has 1 aromatic carbocycles. The average molecular weight is 336 g/mol. The van der Waals surface area contributed by atoms with E-state index >= 15 is 0 Å². The maximum Gasteiger partial charge on any atom is 0.239 e. The van der Waals surface area contributed by atoms with E-state index in [0.717, 1.165) is 31.5 Å². The van der Waals surface area contributed by atoms with Crippen LogP contribution in [0.2, 0.25) is 0 Å². The molecule has 134 valence electrons. The van der Waals surface area contributed by atoms with Gasteiger partial charge >= 0.3 is 0 Å². The lowest BCUT2D eigenvalue weighted by Gasteiger charge is -2.38. The van der Waals surface area contributed by atoms with Gasteiger partial charge in [-0.25, -0.2) is 4.39 Å². The zero-order valence-electron chi connectivity index (χ0n) is 15.1. The molecule has 2 atom stereocenters. The lowest BCUT2D eigenvalue weighted by atomic mass is 9.87. The van der Waals surface area contributed by atoms with Crippen molar-refractivity contribution in [1.82, 2.24) is 9.80 Å². The molecule has 2 rings (SSSR count). The van der Waals surface area contributed by atoms with Crippen LogP contribution < -0.4 is 0 Å². The number of likely N-dealkylation sites (tertiary alicyclic amines) is 1. The first-order valence-electron chi connectivity index (χ1n) is 8.75. The highest BCUT2D eigenvalue weighted by Crippen LogP contribution is 2.31. The molecule has 0 spiro atoms. The van der Waals surface area contributed by atoms with E-state index in [-0.39, 0.29) is 29.7 Å². The van der Waals surface area contributed by atoms with Crippen LogP contribution in [0.25, 0.3) is 0 Å². The summed E-state index contributed by atoms with van der Waals surface area (Å²) in [6.07, 6.45) is 1.10. The Morgan fingerprint density at radius 3 is 2.25 bits per heavy atom. The first-order chi connectivity index (χ1) is 11.3. The second kappa shape index (κ2) is 8.08. The number of rotatable bonds is 5. The quantitative estimate of drug-likeness (QED) is 0.899. The second-order valence-corrected chi connectivity index (χ2v) is 7.09. The molecule has 1 heterocycles. The lowest BCUT2D eigenvalue weighted by Crippen LogP contribution is -2.50. The van der Waals surface area contributed by atoms with Crippen LogP contribution >= 0.6 is 0 Å². The van der Waals surface area contributed by atoms with E-state index in [4.69, 9.17) is 0 Å². The molecule has 1 saturated heterocycles. The summed E-state index contributed by atoms with van der Waals surface area (Å²) < 4.78 is 13.0. The fourth-order valence-corrected chi connectivity index (χ4v) is 3.26. The predicted octanol–water partition coefficient (Wildman–Crippen LogP) is 2.83. The van der Waals surface area contributed by atoms with Gasteiger partial charge in [-0.2, -0.15) is 0 Å². The minimum atomic E-state index is -0.572. The first kappa shape index (κ1) is 18.9. The molecule has 5 heteroatoms. The summed E-state index contributed by atoms with van der Waals surface area (Å²) in [5.41, 5.74) is 0.763. The summed E-state index contributed by atoms with van der Waals surface area (Å²) >= 11 is 0. The van der Waals surface area contributed by atoms with Crippen LogP contribution in [-0.2, 0) is 4.79 Å². The molecule has 0 bridgehead atoms. The molecule has 24 heavy (non-hydrogen) atoms. The van der Waals surface area contributed by atoms with Gasteiger partial charge in [0.25, 0.3) is 0 Å². The Hall–Kier alpha value is -1.46. The van der Waals surface area contributed by atoms with Crippen molar-refractivity contribution in [2.75, 3.05) is 20.1 Å². The van der Waals surface area contributed by atoms with Gasteiger partial charge in [0.2, 0.25) is 5.91 Å². The third-order valence-corrected chi connectivity index (χ3v) is 5.26. The van der Waals surface area contributed by atoms with Gasteiger partial charge in [0.1, 0.15) is 5.82 Å². The van der Waals surface area contributed by atoms with Crippen molar-refractivity contribution >= 4 is 5.91 Å². The number of halogens is 1. The van der Waals surface area contributed by atoms with Crippen molar-refractivity contribution in [1.29, 1.82) is 0 Å². The summed E-state index contributed by atoms with van der Waals surface area (Å²) in [6, 6.07) is 6.12. The average Bonchev–Trinajstić information content (AvgIpc) is 2.60. The maximum atomic E-state index is 13.0. The van der Waals surface area contributed by atoms with E-state index in [1.54, 1.807) is 17.0 Å². The third-order valence-electron chi connectivity index (χ3n) is 5.26. The highest BCUT2D eigenvalue weighted by atomic mass is 19.1. The molecule has 1 aliphatic heterocycles. The molecule has 1 amide bonds. The fourth-order valence-electron chi connectivity index (χ4n) is 3.26. The Bertz CT molecular complexity index is 539. The van der Waals surface area contributed by atoms with Gasteiger partial charge in [-0.05, 0) is 70.3 Å². The van der Waals surface area contributed by atoms with Crippen molar-refractivity contribution < 1.29 is 14.3 Å². The number of nitrogens with zero attached hydrogens (tertiary/aromatic N) is 2. The molecule has 1 N–H and O–H groups in total. The van der Waals surface area contributed by atoms with Gasteiger partial charge in [-0.15, -0.1) is 0 Å². The number of carbonyl (C=O) groups is 1. The van der Waals surface area contributed by atoms with E-state index < -0.39 is 6.10 Å². The zero-order valence-corrected chi connectivity index (χ0v) is 15.1. The Balaban J connectivity index is 1.91. The topological polar surface area (TPSA) is 43.8 Å². The van der Waals surface area contributed by atoms with Crippen LogP contribution in [0.1, 0.15) is 45.3 Å². The fraction of sp³-hybridized carbons (Fsp3) is 0.632. The minimum Gasteiger partial charge on any atom is -0.388 e. The van der Waals surface area contributed by atoms with E-state index in [9.17, 15) is 14.3 Å². The molecule has 1 aliphatic rings. The first-order valence-corrected chi connectivity index (χ1v) is 8.75. The maximum absolute atomic E-state index is 13.0. The third kappa shape index (κ3) is 4.33. The standard InChI is InChI=1S/C19H29FN2O2/c1-13(2)21(4)19(24)14(3)22-11-9-16(10-12-22)18(23)15-5-7-17(20)8-6-15/h5-8,13-14,16,18,23H,9-12H2,1-4H3. The summed E-state index contributed by atoms with van der Waals surface area (Å²) in [7, 11) is 1.84. The Labute approximate surface area is 144 Å². The van der Waals surface area contributed by atoms with E-state index in [2.05, 4.69) is 4.90 Å². The summed E-state index contributed by atoms with van der Waals surface area (Å²) in [6.45, 7) is 7.56. The van der Waals surface area contributed by atoms with Crippen molar-refractivity contribution in [3.05, 3.63) is 35.6 Å². The summed E-state index contributed by atoms with van der Waals surface area (Å²) in [5, 5.41) is 10.5. The number of benzene rings is 1. The number of hydrogen-bond acceptors (Lipinski definition) is 3. The molecule has 2 unspecified atom stereocenters. The summed E-state index contributed by atoms with van der Waals surface area (Å²) in [5.74, 6) is 0.00162. The highest BCUT2D eigenvalue weighted by Gasteiger charge is 2.31. The molecule has 1 fully saturated rings. The molecule has 0 radical (unpaired) electrons. The number of hydrogen-bond donors (Lipinski definition) is 1. The Kier molecular flexibility index (Phi) is 6.35. The van der Waals surface area contributed by atoms with Gasteiger partial charge in [0, 0.05) is 13.1 Å². The zero-order chi connectivity index (χ0) is 17.9. The van der Waals surface area contributed by atoms with Crippen molar-refractivity contribution in [3.63, 3.8) is 0 Å². The molecular formula is C19H29FN2O2. The molecule has 0 aliphatic carbocycles. The van der Waals surface area contributed by atoms with Gasteiger partial charge in [0.15, 0.2) is 0 Å². The van der Waals surface area contributed by atoms with E-state index in [1.165, 1.54) is 12.1 Å². The molecular weight excluding hydrogens is 307 g/mol. The second-order valence-electron chi connectivity index (χ2n) is 7.09. The summed E-state index contributed by atoms with van der Waals surface area (Å²) in [4.78, 5) is 16.4. The van der Waals surface area contributed by atoms with Crippen LogP contribution in [0.15, 0.2) is 24.3 Å². The van der Waals surface area contributed by atoms with Crippen LogP contribution in [0.4, 0.5) is 4.39 Å². The van der Waals surface area contributed by atoms with Gasteiger partial charge in [0.05, 0.1) is 12.1 Å². The molecule has 4 nitrogen and oxygen atoms in total. The van der Waals surface area contributed by atoms with Crippen LogP contribution in [0, 0.1) is 11.7 Å². The van der Waals surface area contributed by atoms with Crippen molar-refractivity contribution in [2.45, 2.75) is 51.8 Å². The van der Waals surface area contributed by atoms with Gasteiger partial charge in [-0.1, -0.05) is 12.1 Å². The Morgan fingerprint density at radius 1 is 1.21 bits per heavy atom. The normalized spacial score (nSPS) is 19.3. The number of amides is 1. The number of piperidine rings is 1. The van der Waals surface area contributed by atoms with Crippen molar-refractivity contribution in [2.24, 2.45) is 5.92 Å². The van der Waals surface area contributed by atoms with E-state index in [0.29, 0.717) is 0 Å². The number of aliphatic hydroxyl groups excluding tert-OH is 1. The molecule has 0 aromatic heterocycles. The smallest absolute Gasteiger partial charge is 0.239 e. The SMILES string of the molecule is CC(C(=O)N(C)C(C)C)N1CCC(C(O)c2ccc(F)cc2)CC1. The van der Waals surface area contributed by atoms with Crippen LogP contribution in [0.3, 0.4) is 0 Å². The Morgan fingerprint density at radius 2 is 1.75 bits per heavy atom. The van der Waals surface area contributed by atoms with Crippen LogP contribution in [0.5, 0.6) is 0 Å².